The van der Waals surface area contributed by atoms with Crippen LogP contribution in [0.1, 0.15) is 47.6 Å². The second-order valence-electron chi connectivity index (χ2n) is 10.1. The predicted octanol–water partition coefficient (Wildman–Crippen LogP) is 5.00. The van der Waals surface area contributed by atoms with Crippen LogP contribution in [-0.2, 0) is 4.79 Å². The summed E-state index contributed by atoms with van der Waals surface area (Å²) in [5.74, 6) is -0.453. The highest BCUT2D eigenvalue weighted by atomic mass is 127. The van der Waals surface area contributed by atoms with Crippen LogP contribution >= 0.6 is 22.6 Å². The van der Waals surface area contributed by atoms with Crippen molar-refractivity contribution >= 4 is 34.5 Å². The zero-order valence-electron chi connectivity index (χ0n) is 22.9. The number of aliphatic hydroxyl groups is 2. The lowest BCUT2D eigenvalue weighted by Gasteiger charge is -2.29. The summed E-state index contributed by atoms with van der Waals surface area (Å²) in [6, 6.07) is 18.6. The van der Waals surface area contributed by atoms with Crippen LogP contribution in [0.25, 0.3) is 11.3 Å². The number of imide groups is 1. The summed E-state index contributed by atoms with van der Waals surface area (Å²) >= 11 is 2.05. The molecule has 0 spiro atoms. The van der Waals surface area contributed by atoms with E-state index in [1.54, 1.807) is 43.3 Å². The van der Waals surface area contributed by atoms with Crippen molar-refractivity contribution in [1.29, 1.82) is 0 Å². The van der Waals surface area contributed by atoms with E-state index in [0.717, 1.165) is 9.13 Å². The summed E-state index contributed by atoms with van der Waals surface area (Å²) in [4.78, 5) is 36.5. The molecule has 2 heterocycles. The van der Waals surface area contributed by atoms with Gasteiger partial charge in [0.25, 0.3) is 5.91 Å². The van der Waals surface area contributed by atoms with Gasteiger partial charge in [0, 0.05) is 15.1 Å². The molecule has 0 aliphatic carbocycles. The minimum absolute atomic E-state index is 0.347. The van der Waals surface area contributed by atoms with Crippen LogP contribution < -0.4 is 10.1 Å². The maximum absolute atomic E-state index is 14.9. The summed E-state index contributed by atoms with van der Waals surface area (Å²) in [5, 5.41) is 21.4. The number of benzene rings is 3. The molecule has 1 aliphatic rings. The van der Waals surface area contributed by atoms with Crippen LogP contribution in [0, 0.1) is 16.3 Å². The highest BCUT2D eigenvalue weighted by Crippen LogP contribution is 2.40. The van der Waals surface area contributed by atoms with Crippen molar-refractivity contribution in [2.75, 3.05) is 13.2 Å². The first-order chi connectivity index (χ1) is 20.2. The van der Waals surface area contributed by atoms with Gasteiger partial charge in [-0.3, -0.25) is 9.69 Å². The fourth-order valence-corrected chi connectivity index (χ4v) is 5.60. The van der Waals surface area contributed by atoms with Gasteiger partial charge in [-0.05, 0) is 71.0 Å². The molecule has 3 amide bonds. The monoisotopic (exact) mass is 684 g/mol. The van der Waals surface area contributed by atoms with E-state index in [2.05, 4.69) is 10.3 Å². The number of rotatable bonds is 10. The first kappa shape index (κ1) is 29.7. The molecule has 3 aromatic carbocycles. The molecule has 0 radical (unpaired) electrons. The minimum atomic E-state index is -0.951. The highest BCUT2D eigenvalue weighted by molar-refractivity contribution is 14.1. The van der Waals surface area contributed by atoms with Gasteiger partial charge in [-0.2, -0.15) is 0 Å². The van der Waals surface area contributed by atoms with Crippen molar-refractivity contribution in [3.8, 4) is 17.0 Å². The van der Waals surface area contributed by atoms with E-state index in [0.29, 0.717) is 34.1 Å². The maximum Gasteiger partial charge on any atom is 0.325 e. The molecule has 9 nitrogen and oxygen atoms in total. The Hall–Kier alpha value is -3.81. The number of aromatic amines is 1. The zero-order chi connectivity index (χ0) is 30.0. The Morgan fingerprint density at radius 1 is 1.05 bits per heavy atom. The molecule has 0 unspecified atom stereocenters. The quantitative estimate of drug-likeness (QED) is 0.138. The van der Waals surface area contributed by atoms with Gasteiger partial charge in [-0.15, -0.1) is 0 Å². The van der Waals surface area contributed by atoms with Gasteiger partial charge in [0.05, 0.1) is 24.6 Å². The predicted molar refractivity (Wildman–Crippen MR) is 162 cm³/mol. The Labute approximate surface area is 255 Å². The minimum Gasteiger partial charge on any atom is -0.486 e. The van der Waals surface area contributed by atoms with Gasteiger partial charge in [-0.1, -0.05) is 49.4 Å². The van der Waals surface area contributed by atoms with Crippen molar-refractivity contribution in [2.45, 2.75) is 38.0 Å². The number of aromatic nitrogens is 2. The van der Waals surface area contributed by atoms with Crippen molar-refractivity contribution in [2.24, 2.45) is 0 Å². The molecule has 218 valence electrons. The van der Waals surface area contributed by atoms with Crippen LogP contribution in [-0.4, -0.2) is 56.3 Å². The molecule has 4 N–H and O–H groups in total. The molecule has 1 fully saturated rings. The second kappa shape index (κ2) is 12.6. The summed E-state index contributed by atoms with van der Waals surface area (Å²) in [5.41, 5.74) is 2.80. The van der Waals surface area contributed by atoms with Crippen molar-refractivity contribution in [1.82, 2.24) is 20.2 Å². The largest absolute Gasteiger partial charge is 0.486 e. The van der Waals surface area contributed by atoms with Crippen LogP contribution in [0.2, 0.25) is 0 Å². The molecule has 11 heteroatoms. The van der Waals surface area contributed by atoms with E-state index in [4.69, 9.17) is 9.72 Å². The third kappa shape index (κ3) is 5.90. The number of hydrogen-bond acceptors (Lipinski definition) is 6. The van der Waals surface area contributed by atoms with Crippen molar-refractivity contribution in [3.63, 3.8) is 0 Å². The molecule has 5 rings (SSSR count). The fraction of sp³-hybridized carbons (Fsp3) is 0.258. The van der Waals surface area contributed by atoms with Crippen LogP contribution in [0.15, 0.2) is 72.8 Å². The van der Waals surface area contributed by atoms with Gasteiger partial charge in [0.1, 0.15) is 35.6 Å². The number of aryl methyl sites for hydroxylation is 1. The van der Waals surface area contributed by atoms with E-state index in [-0.39, 0.29) is 19.1 Å². The third-order valence-electron chi connectivity index (χ3n) is 7.36. The van der Waals surface area contributed by atoms with E-state index in [1.165, 1.54) is 11.0 Å². The number of nitrogens with zero attached hydrogens (tertiary/aromatic N) is 2. The smallest absolute Gasteiger partial charge is 0.325 e. The maximum atomic E-state index is 14.9. The number of hydrogen-bond donors (Lipinski definition) is 4. The lowest BCUT2D eigenvalue weighted by atomic mass is 9.91. The molecule has 42 heavy (non-hydrogen) atoms. The number of imidazole rings is 1. The molecule has 4 aromatic rings. The summed E-state index contributed by atoms with van der Waals surface area (Å²) in [7, 11) is 0. The number of H-pyrrole nitrogens is 1. The summed E-state index contributed by atoms with van der Waals surface area (Å²) < 4.78 is 21.2. The molecular formula is C31H30FIN4O5. The molecule has 3 atom stereocenters. The van der Waals surface area contributed by atoms with Gasteiger partial charge in [0.2, 0.25) is 0 Å². The average Bonchev–Trinajstić information content (AvgIpc) is 3.51. The Morgan fingerprint density at radius 3 is 2.38 bits per heavy atom. The van der Waals surface area contributed by atoms with Gasteiger partial charge < -0.3 is 25.3 Å². The molecule has 1 saturated heterocycles. The SMILES string of the molecule is Cc1nc([C@H]([C@H](C)c2ccccc2)N2C(=O)N[C@H](c3ccc(OC(CO)CO)cc3)C2=O)[nH]c1-c1ccc(I)cc1F. The first-order valence-electron chi connectivity index (χ1n) is 13.4. The van der Waals surface area contributed by atoms with Crippen molar-refractivity contribution < 1.29 is 28.9 Å². The van der Waals surface area contributed by atoms with Crippen LogP contribution in [0.5, 0.6) is 5.75 Å². The number of amides is 3. The Kier molecular flexibility index (Phi) is 8.90. The third-order valence-corrected chi connectivity index (χ3v) is 8.03. The van der Waals surface area contributed by atoms with Crippen LogP contribution in [0.4, 0.5) is 9.18 Å². The van der Waals surface area contributed by atoms with Gasteiger partial charge in [-0.25, -0.2) is 14.2 Å². The number of halogens is 2. The summed E-state index contributed by atoms with van der Waals surface area (Å²) in [6.07, 6.45) is -0.769. The molecule has 1 aromatic heterocycles. The fourth-order valence-electron chi connectivity index (χ4n) is 5.15. The lowest BCUT2D eigenvalue weighted by Crippen LogP contribution is -2.38. The average molecular weight is 685 g/mol. The highest BCUT2D eigenvalue weighted by Gasteiger charge is 2.46. The van der Waals surface area contributed by atoms with E-state index in [9.17, 15) is 24.2 Å². The summed E-state index contributed by atoms with van der Waals surface area (Å²) in [6.45, 7) is 2.97. The number of nitrogens with one attached hydrogen (secondary N) is 2. The number of carbonyl (C=O) groups excluding carboxylic acids is 2. The Morgan fingerprint density at radius 2 is 1.74 bits per heavy atom. The number of carbonyl (C=O) groups is 2. The first-order valence-corrected chi connectivity index (χ1v) is 14.5. The Bertz CT molecular complexity index is 1580. The zero-order valence-corrected chi connectivity index (χ0v) is 25.1. The number of urea groups is 1. The van der Waals surface area contributed by atoms with E-state index in [1.807, 2.05) is 59.8 Å². The van der Waals surface area contributed by atoms with E-state index < -0.39 is 35.9 Å². The number of aliphatic hydroxyl groups excluding tert-OH is 2. The number of ether oxygens (including phenoxy) is 1. The molecule has 0 saturated carbocycles. The Balaban J connectivity index is 1.51. The normalized spacial score (nSPS) is 16.5. The van der Waals surface area contributed by atoms with Crippen molar-refractivity contribution in [3.05, 3.63) is 105 Å². The molecular weight excluding hydrogens is 654 g/mol. The van der Waals surface area contributed by atoms with Gasteiger partial charge in [0.15, 0.2) is 0 Å². The second-order valence-corrected chi connectivity index (χ2v) is 11.4. The lowest BCUT2D eigenvalue weighted by molar-refractivity contribution is -0.129. The van der Waals surface area contributed by atoms with E-state index >= 15 is 0 Å². The topological polar surface area (TPSA) is 128 Å². The van der Waals surface area contributed by atoms with Crippen LogP contribution in [0.3, 0.4) is 0 Å². The van der Waals surface area contributed by atoms with Gasteiger partial charge >= 0.3 is 6.03 Å². The standard InChI is InChI=1S/C31H30FIN4O5/c1-17(19-6-4-3-5-7-19)28(29-34-18(2)26(35-29)24-13-10-21(33)14-25(24)32)37-30(40)27(36-31(37)41)20-8-11-22(12-9-20)42-23(15-38)16-39/h3-14,17,23,27-28,38-39H,15-16H2,1-2H3,(H,34,35)(H,36,41)/t17-,27-,28+/m1/s1. The molecule has 0 bridgehead atoms. The molecule has 1 aliphatic heterocycles.